The second-order valence-electron chi connectivity index (χ2n) is 0. The van der Waals surface area contributed by atoms with E-state index in [1.54, 1.807) is 15.9 Å². The average Bonchev–Trinajstić information content (AvgIpc) is 1.00. The summed E-state index contributed by atoms with van der Waals surface area (Å²) < 4.78 is 8.06. The minimum Gasteiger partial charge on any atom is 0 e. The van der Waals surface area contributed by atoms with Gasteiger partial charge in [-0.25, -0.2) is 0 Å². The van der Waals surface area contributed by atoms with Crippen molar-refractivity contribution in [1.82, 2.24) is 0 Å². The van der Waals surface area contributed by atoms with Crippen LogP contribution in [0.4, 0.5) is 0 Å². The van der Waals surface area contributed by atoms with E-state index in [2.05, 4.69) is 0 Å². The van der Waals surface area contributed by atoms with Gasteiger partial charge in [0.2, 0.25) is 0 Å². The number of rotatable bonds is 0. The van der Waals surface area contributed by atoms with Crippen molar-refractivity contribution in [1.29, 1.82) is 0 Å². The topological polar surface area (TPSA) is 17.1 Å². The molecule has 0 saturated heterocycles. The SMILES string of the molecule is [H-].[Na+].[O]=[Mn].[Zn]. The summed E-state index contributed by atoms with van der Waals surface area (Å²) >= 11 is 1.69. The molecule has 0 radical (unpaired) electrons. The summed E-state index contributed by atoms with van der Waals surface area (Å²) in [5, 5.41) is 0. The van der Waals surface area contributed by atoms with Gasteiger partial charge in [-0.3, -0.25) is 0 Å². The maximum Gasteiger partial charge on any atom is 0 e. The Morgan fingerprint density at radius 1 is 1.50 bits per heavy atom. The predicted octanol–water partition coefficient (Wildman–Crippen LogP) is -3.01. The monoisotopic (exact) mass is 159 g/mol. The van der Waals surface area contributed by atoms with E-state index in [0.29, 0.717) is 0 Å². The summed E-state index contributed by atoms with van der Waals surface area (Å²) in [4.78, 5) is 0. The predicted molar refractivity (Wildman–Crippen MR) is 1.80 cm³/mol. The standard InChI is InChI=1S/Mn.Na.O.Zn.H/q;+1;;;-1. The quantitative estimate of drug-likeness (QED) is 0.345. The van der Waals surface area contributed by atoms with Gasteiger partial charge < -0.3 is 1.43 Å². The maximum absolute atomic E-state index is 8.06. The molecule has 0 amide bonds. The molecule has 0 saturated carbocycles. The zero-order valence-corrected chi connectivity index (χ0v) is 8.64. The van der Waals surface area contributed by atoms with Crippen molar-refractivity contribution in [2.45, 2.75) is 0 Å². The first-order chi connectivity index (χ1) is 1.00. The van der Waals surface area contributed by atoms with Crippen molar-refractivity contribution in [3.05, 3.63) is 0 Å². The van der Waals surface area contributed by atoms with Crippen molar-refractivity contribution >= 4 is 0 Å². The smallest absolute Gasteiger partial charge is 0 e. The fraction of sp³-hybridized carbons (Fsp3) is 0. The van der Waals surface area contributed by atoms with Crippen LogP contribution < -0.4 is 29.6 Å². The first-order valence-corrected chi connectivity index (χ1v) is 0.636. The van der Waals surface area contributed by atoms with Gasteiger partial charge in [0, 0.05) is 19.5 Å². The first kappa shape index (κ1) is 16.8. The Labute approximate surface area is 69.5 Å². The van der Waals surface area contributed by atoms with Gasteiger partial charge in [-0.1, -0.05) is 0 Å². The van der Waals surface area contributed by atoms with Gasteiger partial charge in [0.05, 0.1) is 0 Å². The summed E-state index contributed by atoms with van der Waals surface area (Å²) in [6.45, 7) is 0. The molecule has 0 heterocycles. The third-order valence-electron chi connectivity index (χ3n) is 0. The van der Waals surface area contributed by atoms with Crippen LogP contribution in [-0.2, 0) is 39.3 Å². The molecule has 0 unspecified atom stereocenters. The maximum atomic E-state index is 8.06. The molecule has 0 N–H and O–H groups in total. The van der Waals surface area contributed by atoms with E-state index in [9.17, 15) is 0 Å². The molecule has 0 rings (SSSR count). The third kappa shape index (κ3) is 9.05. The molecule has 0 aliphatic carbocycles. The Bertz CT molecular complexity index is 11.6. The molecule has 4 heavy (non-hydrogen) atoms. The fourth-order valence-corrected chi connectivity index (χ4v) is 0. The van der Waals surface area contributed by atoms with Crippen LogP contribution in [0.25, 0.3) is 0 Å². The van der Waals surface area contributed by atoms with Crippen molar-refractivity contribution in [3.8, 4) is 0 Å². The average molecular weight is 160 g/mol. The Morgan fingerprint density at radius 2 is 1.50 bits per heavy atom. The van der Waals surface area contributed by atoms with Gasteiger partial charge in [0.25, 0.3) is 0 Å². The molecule has 0 aliphatic rings. The van der Waals surface area contributed by atoms with E-state index in [0.717, 1.165) is 0 Å². The molecule has 0 fully saturated rings. The molecule has 0 aromatic heterocycles. The van der Waals surface area contributed by atoms with Crippen LogP contribution in [0.15, 0.2) is 0 Å². The zero-order chi connectivity index (χ0) is 2.00. The minimum absolute atomic E-state index is 0. The van der Waals surface area contributed by atoms with Gasteiger partial charge in [0.15, 0.2) is 0 Å². The van der Waals surface area contributed by atoms with Crippen LogP contribution >= 0.6 is 0 Å². The molecule has 1 nitrogen and oxygen atoms in total. The zero-order valence-electron chi connectivity index (χ0n) is 3.49. The van der Waals surface area contributed by atoms with Crippen LogP contribution in [0.5, 0.6) is 0 Å². The molecule has 0 atom stereocenters. The molecule has 4 heteroatoms. The molecule has 0 bridgehead atoms. The van der Waals surface area contributed by atoms with E-state index in [4.69, 9.17) is 3.83 Å². The van der Waals surface area contributed by atoms with Crippen LogP contribution in [-0.4, -0.2) is 0 Å². The number of hydrogen-bond donors (Lipinski definition) is 0. The van der Waals surface area contributed by atoms with Crippen molar-refractivity contribution in [3.63, 3.8) is 0 Å². The molecule has 0 aromatic rings. The third-order valence-corrected chi connectivity index (χ3v) is 0. The molecule has 0 spiro atoms. The van der Waals surface area contributed by atoms with Crippen LogP contribution in [0.3, 0.4) is 0 Å². The largest absolute Gasteiger partial charge is 0 e. The minimum atomic E-state index is 0. The van der Waals surface area contributed by atoms with E-state index >= 15 is 0 Å². The first-order valence-electron chi connectivity index (χ1n) is 0.154. The summed E-state index contributed by atoms with van der Waals surface area (Å²) in [5.74, 6) is 0. The van der Waals surface area contributed by atoms with Gasteiger partial charge >= 0.3 is 49.3 Å². The summed E-state index contributed by atoms with van der Waals surface area (Å²) in [7, 11) is 0. The Hall–Kier alpha value is 1.94. The Kier molecular flexibility index (Phi) is 85.3. The van der Waals surface area contributed by atoms with Crippen molar-refractivity contribution < 1.29 is 70.2 Å². The van der Waals surface area contributed by atoms with Crippen molar-refractivity contribution in [2.24, 2.45) is 0 Å². The van der Waals surface area contributed by atoms with E-state index < -0.39 is 0 Å². The molecule has 0 aromatic carbocycles. The van der Waals surface area contributed by atoms with Crippen LogP contribution in [0.1, 0.15) is 1.43 Å². The van der Waals surface area contributed by atoms with Crippen LogP contribution in [0, 0.1) is 0 Å². The summed E-state index contributed by atoms with van der Waals surface area (Å²) in [6.07, 6.45) is 0. The normalized spacial score (nSPS) is 1.00. The summed E-state index contributed by atoms with van der Waals surface area (Å²) in [6, 6.07) is 0. The van der Waals surface area contributed by atoms with Gasteiger partial charge in [-0.15, -0.1) is 0 Å². The summed E-state index contributed by atoms with van der Waals surface area (Å²) in [5.41, 5.74) is 0. The molecular formula is HMnNaOZn. The molecular weight excluding hydrogens is 159 g/mol. The van der Waals surface area contributed by atoms with Gasteiger partial charge in [-0.05, 0) is 0 Å². The van der Waals surface area contributed by atoms with Crippen molar-refractivity contribution in [2.75, 3.05) is 0 Å². The molecule has 17 valence electrons. The van der Waals surface area contributed by atoms with E-state index in [1.165, 1.54) is 0 Å². The van der Waals surface area contributed by atoms with E-state index in [1.807, 2.05) is 0 Å². The number of hydrogen-bond acceptors (Lipinski definition) is 1. The van der Waals surface area contributed by atoms with Gasteiger partial charge in [0.1, 0.15) is 0 Å². The van der Waals surface area contributed by atoms with Crippen LogP contribution in [0.2, 0.25) is 0 Å². The Balaban J connectivity index is -0.00000000167. The fourth-order valence-electron chi connectivity index (χ4n) is 0. The van der Waals surface area contributed by atoms with Gasteiger partial charge in [-0.2, -0.15) is 0 Å². The Morgan fingerprint density at radius 3 is 1.50 bits per heavy atom. The van der Waals surface area contributed by atoms with E-state index in [-0.39, 0.29) is 50.5 Å². The second kappa shape index (κ2) is 20.4. The molecule has 0 aliphatic heterocycles. The second-order valence-corrected chi connectivity index (χ2v) is 0.